The number of piperazine rings is 1. The predicted octanol–water partition coefficient (Wildman–Crippen LogP) is 3.28. The molecule has 1 aliphatic rings. The summed E-state index contributed by atoms with van der Waals surface area (Å²) in [6, 6.07) is 13.2. The van der Waals surface area contributed by atoms with Crippen molar-refractivity contribution in [3.05, 3.63) is 53.9 Å². The molecule has 3 rings (SSSR count). The topological polar surface area (TPSA) is 19.4 Å². The maximum absolute atomic E-state index is 4.40. The molecule has 0 bridgehead atoms. The van der Waals surface area contributed by atoms with Gasteiger partial charge in [-0.15, -0.1) is 0 Å². The van der Waals surface area contributed by atoms with E-state index in [9.17, 15) is 0 Å². The maximum Gasteiger partial charge on any atom is 0.0605 e. The molecule has 1 aliphatic heterocycles. The molecule has 0 aliphatic carbocycles. The van der Waals surface area contributed by atoms with Crippen LogP contribution < -0.4 is 9.80 Å². The fourth-order valence-corrected chi connectivity index (χ4v) is 2.96. The van der Waals surface area contributed by atoms with Gasteiger partial charge in [-0.25, -0.2) is 0 Å². The van der Waals surface area contributed by atoms with E-state index < -0.39 is 0 Å². The standard InChI is InChI=1S/C18H23N3/c1-3-16-6-8-17(9-7-16)20-11-13-21(14-12-20)18-5-4-10-19-15(18)2/h4-10H,3,11-14H2,1-2H3. The second-order valence-electron chi connectivity index (χ2n) is 5.60. The number of rotatable bonds is 3. The highest BCUT2D eigenvalue weighted by Gasteiger charge is 2.18. The van der Waals surface area contributed by atoms with E-state index in [4.69, 9.17) is 0 Å². The lowest BCUT2D eigenvalue weighted by molar-refractivity contribution is 0.651. The van der Waals surface area contributed by atoms with Crippen molar-refractivity contribution in [2.75, 3.05) is 36.0 Å². The molecule has 1 aromatic carbocycles. The third-order valence-electron chi connectivity index (χ3n) is 4.31. The summed E-state index contributed by atoms with van der Waals surface area (Å²) in [5, 5.41) is 0. The Labute approximate surface area is 127 Å². The Morgan fingerprint density at radius 2 is 1.62 bits per heavy atom. The van der Waals surface area contributed by atoms with Crippen LogP contribution in [0, 0.1) is 6.92 Å². The van der Waals surface area contributed by atoms with Gasteiger partial charge in [0.05, 0.1) is 11.4 Å². The van der Waals surface area contributed by atoms with Crippen molar-refractivity contribution in [2.45, 2.75) is 20.3 Å². The van der Waals surface area contributed by atoms with E-state index in [0.29, 0.717) is 0 Å². The van der Waals surface area contributed by atoms with Crippen LogP contribution in [0.25, 0.3) is 0 Å². The predicted molar refractivity (Wildman–Crippen MR) is 89.2 cm³/mol. The number of hydrogen-bond donors (Lipinski definition) is 0. The molecule has 1 fully saturated rings. The lowest BCUT2D eigenvalue weighted by Crippen LogP contribution is -2.46. The van der Waals surface area contributed by atoms with Crippen LogP contribution in [0.3, 0.4) is 0 Å². The molecule has 0 spiro atoms. The first-order valence-corrected chi connectivity index (χ1v) is 7.78. The molecule has 21 heavy (non-hydrogen) atoms. The van der Waals surface area contributed by atoms with Gasteiger partial charge in [-0.3, -0.25) is 4.98 Å². The first-order valence-electron chi connectivity index (χ1n) is 7.78. The van der Waals surface area contributed by atoms with Gasteiger partial charge in [-0.1, -0.05) is 19.1 Å². The Morgan fingerprint density at radius 1 is 0.952 bits per heavy atom. The summed E-state index contributed by atoms with van der Waals surface area (Å²) in [6.07, 6.45) is 2.97. The average molecular weight is 281 g/mol. The number of aryl methyl sites for hydroxylation is 2. The molecule has 0 atom stereocenters. The number of pyridine rings is 1. The third-order valence-corrected chi connectivity index (χ3v) is 4.31. The zero-order chi connectivity index (χ0) is 14.7. The normalized spacial score (nSPS) is 15.3. The Kier molecular flexibility index (Phi) is 4.09. The van der Waals surface area contributed by atoms with Gasteiger partial charge < -0.3 is 9.80 Å². The highest BCUT2D eigenvalue weighted by atomic mass is 15.3. The molecule has 3 nitrogen and oxygen atoms in total. The molecule has 0 unspecified atom stereocenters. The SMILES string of the molecule is CCc1ccc(N2CCN(c3cccnc3C)CC2)cc1. The second-order valence-corrected chi connectivity index (χ2v) is 5.60. The Hall–Kier alpha value is -2.03. The van der Waals surface area contributed by atoms with Crippen molar-refractivity contribution >= 4 is 11.4 Å². The number of benzene rings is 1. The number of hydrogen-bond acceptors (Lipinski definition) is 3. The fourth-order valence-electron chi connectivity index (χ4n) is 2.96. The monoisotopic (exact) mass is 281 g/mol. The summed E-state index contributed by atoms with van der Waals surface area (Å²) in [7, 11) is 0. The van der Waals surface area contributed by atoms with Gasteiger partial charge in [0.2, 0.25) is 0 Å². The highest BCUT2D eigenvalue weighted by molar-refractivity contribution is 5.54. The molecule has 3 heteroatoms. The van der Waals surface area contributed by atoms with Crippen LogP contribution in [0.4, 0.5) is 11.4 Å². The summed E-state index contributed by atoms with van der Waals surface area (Å²) in [5.41, 5.74) is 5.15. The van der Waals surface area contributed by atoms with Gasteiger partial charge in [0.1, 0.15) is 0 Å². The van der Waals surface area contributed by atoms with E-state index in [1.165, 1.54) is 16.9 Å². The lowest BCUT2D eigenvalue weighted by Gasteiger charge is -2.37. The minimum absolute atomic E-state index is 1.06. The first-order chi connectivity index (χ1) is 10.3. The minimum Gasteiger partial charge on any atom is -0.368 e. The Morgan fingerprint density at radius 3 is 2.24 bits per heavy atom. The van der Waals surface area contributed by atoms with Crippen LogP contribution in [-0.4, -0.2) is 31.2 Å². The van der Waals surface area contributed by atoms with E-state index in [1.54, 1.807) is 0 Å². The zero-order valence-electron chi connectivity index (χ0n) is 12.9. The van der Waals surface area contributed by atoms with Crippen molar-refractivity contribution in [2.24, 2.45) is 0 Å². The molecule has 1 saturated heterocycles. The molecular formula is C18H23N3. The zero-order valence-corrected chi connectivity index (χ0v) is 12.9. The quantitative estimate of drug-likeness (QED) is 0.860. The minimum atomic E-state index is 1.06. The molecule has 1 aromatic heterocycles. The molecule has 0 saturated carbocycles. The third kappa shape index (κ3) is 3.02. The van der Waals surface area contributed by atoms with Gasteiger partial charge in [-0.05, 0) is 43.2 Å². The van der Waals surface area contributed by atoms with Gasteiger partial charge in [0.15, 0.2) is 0 Å². The Balaban J connectivity index is 1.66. The second kappa shape index (κ2) is 6.17. The molecule has 0 N–H and O–H groups in total. The average Bonchev–Trinajstić information content (AvgIpc) is 2.56. The van der Waals surface area contributed by atoms with Crippen molar-refractivity contribution in [1.29, 1.82) is 0 Å². The number of anilines is 2. The smallest absolute Gasteiger partial charge is 0.0605 e. The van der Waals surface area contributed by atoms with Gasteiger partial charge in [0.25, 0.3) is 0 Å². The summed E-state index contributed by atoms with van der Waals surface area (Å²) in [6.45, 7) is 8.54. The van der Waals surface area contributed by atoms with Gasteiger partial charge in [-0.2, -0.15) is 0 Å². The van der Waals surface area contributed by atoms with E-state index in [1.807, 2.05) is 12.3 Å². The van der Waals surface area contributed by atoms with E-state index in [2.05, 4.69) is 59.0 Å². The number of aromatic nitrogens is 1. The van der Waals surface area contributed by atoms with Crippen LogP contribution in [0.15, 0.2) is 42.6 Å². The molecule has 110 valence electrons. The largest absolute Gasteiger partial charge is 0.368 e. The Bertz CT molecular complexity index is 584. The van der Waals surface area contributed by atoms with Gasteiger partial charge in [0, 0.05) is 38.1 Å². The van der Waals surface area contributed by atoms with Crippen molar-refractivity contribution in [3.8, 4) is 0 Å². The highest BCUT2D eigenvalue weighted by Crippen LogP contribution is 2.22. The van der Waals surface area contributed by atoms with Crippen LogP contribution in [-0.2, 0) is 6.42 Å². The summed E-state index contributed by atoms with van der Waals surface area (Å²) < 4.78 is 0. The van der Waals surface area contributed by atoms with Crippen molar-refractivity contribution in [1.82, 2.24) is 4.98 Å². The van der Waals surface area contributed by atoms with Crippen LogP contribution >= 0.6 is 0 Å². The van der Waals surface area contributed by atoms with E-state index in [0.717, 1.165) is 38.3 Å². The first kappa shape index (κ1) is 13.9. The molecular weight excluding hydrogens is 258 g/mol. The molecule has 0 amide bonds. The van der Waals surface area contributed by atoms with Crippen LogP contribution in [0.2, 0.25) is 0 Å². The summed E-state index contributed by atoms with van der Waals surface area (Å²) >= 11 is 0. The van der Waals surface area contributed by atoms with Crippen molar-refractivity contribution < 1.29 is 0 Å². The molecule has 0 radical (unpaired) electrons. The summed E-state index contributed by atoms with van der Waals surface area (Å²) in [4.78, 5) is 9.31. The van der Waals surface area contributed by atoms with Crippen LogP contribution in [0.5, 0.6) is 0 Å². The van der Waals surface area contributed by atoms with E-state index >= 15 is 0 Å². The van der Waals surface area contributed by atoms with Gasteiger partial charge >= 0.3 is 0 Å². The molecule has 2 aromatic rings. The summed E-state index contributed by atoms with van der Waals surface area (Å²) in [5.74, 6) is 0. The van der Waals surface area contributed by atoms with Crippen molar-refractivity contribution in [3.63, 3.8) is 0 Å². The maximum atomic E-state index is 4.40. The lowest BCUT2D eigenvalue weighted by atomic mass is 10.1. The number of nitrogens with zero attached hydrogens (tertiary/aromatic N) is 3. The van der Waals surface area contributed by atoms with Crippen LogP contribution in [0.1, 0.15) is 18.2 Å². The van der Waals surface area contributed by atoms with E-state index in [-0.39, 0.29) is 0 Å². The fraction of sp³-hybridized carbons (Fsp3) is 0.389. The molecule has 2 heterocycles.